The van der Waals surface area contributed by atoms with Crippen molar-refractivity contribution in [3.05, 3.63) is 35.9 Å². The molecule has 25 heavy (non-hydrogen) atoms. The topological polar surface area (TPSA) is 65.2 Å². The maximum Gasteiger partial charge on any atom is 0.239 e. The van der Waals surface area contributed by atoms with Crippen LogP contribution >= 0.6 is 12.4 Å². The van der Waals surface area contributed by atoms with Gasteiger partial charge in [0.15, 0.2) is 0 Å². The lowest BCUT2D eigenvalue weighted by Crippen LogP contribution is -2.51. The summed E-state index contributed by atoms with van der Waals surface area (Å²) in [6.45, 7) is 8.49. The van der Waals surface area contributed by atoms with Crippen molar-refractivity contribution in [1.82, 2.24) is 21.5 Å². The van der Waals surface area contributed by atoms with Gasteiger partial charge in [-0.05, 0) is 37.3 Å². The molecule has 1 aromatic rings. The number of carbonyl (C=O) groups is 1. The fraction of sp³-hybridized carbons (Fsp3) is 0.632. The molecule has 2 fully saturated rings. The molecule has 2 saturated heterocycles. The lowest BCUT2D eigenvalue weighted by molar-refractivity contribution is -0.124. The van der Waals surface area contributed by atoms with Gasteiger partial charge in [-0.3, -0.25) is 10.2 Å². The normalized spacial score (nSPS) is 27.1. The fourth-order valence-electron chi connectivity index (χ4n) is 4.13. The number of hydrogen-bond donors (Lipinski definition) is 4. The van der Waals surface area contributed by atoms with Crippen LogP contribution < -0.4 is 21.5 Å². The summed E-state index contributed by atoms with van der Waals surface area (Å²) in [4.78, 5) is 12.7. The van der Waals surface area contributed by atoms with E-state index in [0.717, 1.165) is 25.9 Å². The molecule has 5 nitrogen and oxygen atoms in total. The first-order chi connectivity index (χ1) is 11.5. The number of nitrogens with one attached hydrogen (secondary N) is 4. The monoisotopic (exact) mass is 366 g/mol. The third-order valence-electron chi connectivity index (χ3n) is 5.42. The van der Waals surface area contributed by atoms with Crippen molar-refractivity contribution < 1.29 is 4.79 Å². The third-order valence-corrected chi connectivity index (χ3v) is 5.42. The van der Waals surface area contributed by atoms with Crippen LogP contribution in [0.5, 0.6) is 0 Å². The van der Waals surface area contributed by atoms with E-state index in [4.69, 9.17) is 0 Å². The third kappa shape index (κ3) is 4.73. The van der Waals surface area contributed by atoms with Crippen LogP contribution in [-0.4, -0.2) is 37.1 Å². The molecule has 140 valence electrons. The zero-order chi connectivity index (χ0) is 17.2. The van der Waals surface area contributed by atoms with Gasteiger partial charge in [0.1, 0.15) is 6.04 Å². The van der Waals surface area contributed by atoms with Gasteiger partial charge in [-0.2, -0.15) is 0 Å². The van der Waals surface area contributed by atoms with Gasteiger partial charge in [-0.15, -0.1) is 12.4 Å². The van der Waals surface area contributed by atoms with E-state index in [0.29, 0.717) is 12.0 Å². The summed E-state index contributed by atoms with van der Waals surface area (Å²) in [5.74, 6) is 0.433. The Labute approximate surface area is 157 Å². The van der Waals surface area contributed by atoms with E-state index in [2.05, 4.69) is 66.5 Å². The number of carbonyl (C=O) groups excluding carboxylic acids is 1. The molecule has 0 aromatic heterocycles. The number of benzene rings is 1. The van der Waals surface area contributed by atoms with Gasteiger partial charge in [-0.1, -0.05) is 44.2 Å². The van der Waals surface area contributed by atoms with Gasteiger partial charge >= 0.3 is 0 Å². The summed E-state index contributed by atoms with van der Waals surface area (Å²) in [5.41, 5.74) is 7.82. The summed E-state index contributed by atoms with van der Waals surface area (Å²) in [7, 11) is 0. The van der Waals surface area contributed by atoms with Crippen molar-refractivity contribution in [2.45, 2.75) is 57.2 Å². The fourth-order valence-corrected chi connectivity index (χ4v) is 4.13. The molecule has 0 spiro atoms. The minimum absolute atomic E-state index is 0. The van der Waals surface area contributed by atoms with Gasteiger partial charge in [0.2, 0.25) is 5.91 Å². The molecule has 4 N–H and O–H groups in total. The molecule has 3 rings (SSSR count). The largest absolute Gasteiger partial charge is 0.352 e. The van der Waals surface area contributed by atoms with Crippen molar-refractivity contribution in [2.75, 3.05) is 13.1 Å². The molecular formula is C19H31ClN4O. The quantitative estimate of drug-likeness (QED) is 0.641. The Bertz CT molecular complexity index is 566. The lowest BCUT2D eigenvalue weighted by atomic mass is 9.79. The first-order valence-corrected chi connectivity index (χ1v) is 9.05. The highest BCUT2D eigenvalue weighted by molar-refractivity contribution is 5.85. The average molecular weight is 367 g/mol. The summed E-state index contributed by atoms with van der Waals surface area (Å²) < 4.78 is 0. The van der Waals surface area contributed by atoms with Crippen molar-refractivity contribution in [3.63, 3.8) is 0 Å². The van der Waals surface area contributed by atoms with Crippen molar-refractivity contribution in [2.24, 2.45) is 5.92 Å². The van der Waals surface area contributed by atoms with Crippen LogP contribution in [0.1, 0.15) is 39.2 Å². The van der Waals surface area contributed by atoms with E-state index in [9.17, 15) is 4.79 Å². The predicted octanol–water partition coefficient (Wildman–Crippen LogP) is 1.74. The molecule has 2 aliphatic rings. The second kappa shape index (κ2) is 8.49. The lowest BCUT2D eigenvalue weighted by Gasteiger charge is -2.31. The van der Waals surface area contributed by atoms with Crippen LogP contribution in [0.2, 0.25) is 0 Å². The summed E-state index contributed by atoms with van der Waals surface area (Å²) in [6.07, 6.45) is 1.98. The SMILES string of the molecule is CC(CC(C)(C)c1ccccc1)NC(=O)C1NNC2CCNCC21.Cl. The number of piperidine rings is 1. The number of halogens is 1. The standard InChI is InChI=1S/C19H30N4O.ClH/c1-13(11-19(2,3)14-7-5-4-6-8-14)21-18(24)17-15-12-20-10-9-16(15)22-23-17;/h4-8,13,15-17,20,22-23H,9-12H2,1-3H3,(H,21,24);1H. The van der Waals surface area contributed by atoms with E-state index >= 15 is 0 Å². The van der Waals surface area contributed by atoms with Gasteiger partial charge < -0.3 is 10.6 Å². The molecule has 4 atom stereocenters. The van der Waals surface area contributed by atoms with E-state index < -0.39 is 0 Å². The van der Waals surface area contributed by atoms with Crippen LogP contribution in [0.25, 0.3) is 0 Å². The number of rotatable bonds is 5. The molecule has 2 heterocycles. The number of fused-ring (bicyclic) bond motifs is 1. The number of hydrogen-bond acceptors (Lipinski definition) is 4. The zero-order valence-electron chi connectivity index (χ0n) is 15.3. The molecule has 1 aromatic carbocycles. The molecular weight excluding hydrogens is 336 g/mol. The minimum Gasteiger partial charge on any atom is -0.352 e. The molecule has 6 heteroatoms. The maximum atomic E-state index is 12.7. The predicted molar refractivity (Wildman–Crippen MR) is 104 cm³/mol. The van der Waals surface area contributed by atoms with Crippen LogP contribution in [0.4, 0.5) is 0 Å². The molecule has 0 aliphatic carbocycles. The van der Waals surface area contributed by atoms with E-state index in [-0.39, 0.29) is 35.8 Å². The van der Waals surface area contributed by atoms with Crippen LogP contribution in [0, 0.1) is 5.92 Å². The van der Waals surface area contributed by atoms with Crippen molar-refractivity contribution in [3.8, 4) is 0 Å². The Morgan fingerprint density at radius 1 is 1.28 bits per heavy atom. The smallest absolute Gasteiger partial charge is 0.239 e. The maximum absolute atomic E-state index is 12.7. The molecule has 2 aliphatic heterocycles. The molecule has 0 saturated carbocycles. The highest BCUT2D eigenvalue weighted by Gasteiger charge is 2.41. The number of amides is 1. The Balaban J connectivity index is 0.00000225. The Morgan fingerprint density at radius 2 is 2.00 bits per heavy atom. The van der Waals surface area contributed by atoms with Crippen molar-refractivity contribution >= 4 is 18.3 Å². The summed E-state index contributed by atoms with van der Waals surface area (Å²) in [6, 6.07) is 10.9. The second-order valence-electron chi connectivity index (χ2n) is 7.89. The summed E-state index contributed by atoms with van der Waals surface area (Å²) >= 11 is 0. The Kier molecular flexibility index (Phi) is 6.86. The van der Waals surface area contributed by atoms with Gasteiger partial charge in [0.25, 0.3) is 0 Å². The second-order valence-corrected chi connectivity index (χ2v) is 7.89. The first kappa shape index (κ1) is 20.2. The van der Waals surface area contributed by atoms with Crippen LogP contribution in [0.15, 0.2) is 30.3 Å². The first-order valence-electron chi connectivity index (χ1n) is 9.05. The number of hydrazine groups is 1. The van der Waals surface area contributed by atoms with Gasteiger partial charge in [0, 0.05) is 24.5 Å². The van der Waals surface area contributed by atoms with E-state index in [1.165, 1.54) is 5.56 Å². The Morgan fingerprint density at radius 3 is 2.72 bits per heavy atom. The van der Waals surface area contributed by atoms with Gasteiger partial charge in [-0.25, -0.2) is 5.43 Å². The van der Waals surface area contributed by atoms with Crippen LogP contribution in [-0.2, 0) is 10.2 Å². The highest BCUT2D eigenvalue weighted by Crippen LogP contribution is 2.28. The molecule has 0 radical (unpaired) electrons. The zero-order valence-corrected chi connectivity index (χ0v) is 16.2. The molecule has 4 unspecified atom stereocenters. The highest BCUT2D eigenvalue weighted by atomic mass is 35.5. The van der Waals surface area contributed by atoms with Crippen LogP contribution in [0.3, 0.4) is 0 Å². The molecule has 1 amide bonds. The summed E-state index contributed by atoms with van der Waals surface area (Å²) in [5, 5.41) is 6.61. The van der Waals surface area contributed by atoms with Crippen molar-refractivity contribution in [1.29, 1.82) is 0 Å². The Hall–Kier alpha value is -1.14. The minimum atomic E-state index is -0.148. The average Bonchev–Trinajstić information content (AvgIpc) is 2.99. The van der Waals surface area contributed by atoms with Gasteiger partial charge in [0.05, 0.1) is 0 Å². The van der Waals surface area contributed by atoms with E-state index in [1.54, 1.807) is 0 Å². The molecule has 0 bridgehead atoms. The van der Waals surface area contributed by atoms with E-state index in [1.807, 2.05) is 6.07 Å².